The van der Waals surface area contributed by atoms with Gasteiger partial charge in [-0.05, 0) is 48.5 Å². The van der Waals surface area contributed by atoms with E-state index in [2.05, 4.69) is 26.0 Å². The number of esters is 1. The van der Waals surface area contributed by atoms with E-state index in [0.717, 1.165) is 0 Å². The van der Waals surface area contributed by atoms with Crippen molar-refractivity contribution in [2.24, 2.45) is 0 Å². The highest BCUT2D eigenvalue weighted by Gasteiger charge is 2.58. The molecule has 19 heteroatoms. The molecule has 0 saturated carbocycles. The van der Waals surface area contributed by atoms with Gasteiger partial charge in [-0.1, -0.05) is 0 Å². The van der Waals surface area contributed by atoms with Crippen molar-refractivity contribution in [3.05, 3.63) is 0 Å². The highest BCUT2D eigenvalue weighted by atomic mass is 16.9. The van der Waals surface area contributed by atoms with Crippen LogP contribution in [0.3, 0.4) is 0 Å². The fourth-order valence-corrected chi connectivity index (χ4v) is 6.69. The number of hydrogen-bond donors (Lipinski definition) is 4. The fraction of sp³-hybridized carbons (Fsp3) is 0.853. The first-order valence-electron chi connectivity index (χ1n) is 17.7. The average molecular weight is 761 g/mol. The van der Waals surface area contributed by atoms with Crippen LogP contribution in [0.25, 0.3) is 0 Å². The van der Waals surface area contributed by atoms with Crippen molar-refractivity contribution in [2.45, 2.75) is 153 Å². The SMILES string of the molecule is COC(=O)CCNC(=O)CC(NC(=O)CCNC(=O)CC(NC(=O)OC(C)(C)C)[C@H]1O[C@@H]2OC(C)(C)O[C@@H]2[C@H]1OC)[C@H]1O[C@@H]2OC(C)(C)O[C@@H]2[C@H]1OC. The second-order valence-corrected chi connectivity index (χ2v) is 15.2. The summed E-state index contributed by atoms with van der Waals surface area (Å²) in [4.78, 5) is 63.8. The third-order valence-corrected chi connectivity index (χ3v) is 8.80. The molecule has 4 amide bonds. The summed E-state index contributed by atoms with van der Waals surface area (Å²) in [5.41, 5.74) is -0.808. The summed E-state index contributed by atoms with van der Waals surface area (Å²) in [7, 11) is 4.18. The van der Waals surface area contributed by atoms with Crippen molar-refractivity contribution in [2.75, 3.05) is 34.4 Å². The first-order valence-corrected chi connectivity index (χ1v) is 17.7. The van der Waals surface area contributed by atoms with Gasteiger partial charge in [0.1, 0.15) is 42.2 Å². The summed E-state index contributed by atoms with van der Waals surface area (Å²) >= 11 is 0. The Morgan fingerprint density at radius 1 is 0.660 bits per heavy atom. The Morgan fingerprint density at radius 2 is 1.11 bits per heavy atom. The van der Waals surface area contributed by atoms with Gasteiger partial charge in [-0.15, -0.1) is 0 Å². The third kappa shape index (κ3) is 11.7. The maximum absolute atomic E-state index is 13.3. The molecule has 4 saturated heterocycles. The molecule has 4 rings (SSSR count). The zero-order valence-electron chi connectivity index (χ0n) is 32.1. The molecule has 0 radical (unpaired) electrons. The number of carbonyl (C=O) groups excluding carboxylic acids is 5. The molecule has 4 fully saturated rings. The van der Waals surface area contributed by atoms with Crippen molar-refractivity contribution in [3.63, 3.8) is 0 Å². The Kier molecular flexibility index (Phi) is 14.1. The number of amides is 4. The molecule has 302 valence electrons. The molecule has 53 heavy (non-hydrogen) atoms. The van der Waals surface area contributed by atoms with Crippen LogP contribution in [0.5, 0.6) is 0 Å². The predicted molar refractivity (Wildman–Crippen MR) is 181 cm³/mol. The van der Waals surface area contributed by atoms with Gasteiger partial charge >= 0.3 is 12.1 Å². The van der Waals surface area contributed by atoms with Crippen molar-refractivity contribution in [1.82, 2.24) is 21.3 Å². The largest absolute Gasteiger partial charge is 0.469 e. The van der Waals surface area contributed by atoms with Crippen LogP contribution in [0.1, 0.15) is 74.1 Å². The summed E-state index contributed by atoms with van der Waals surface area (Å²) in [5.74, 6) is -3.78. The molecule has 0 aromatic rings. The summed E-state index contributed by atoms with van der Waals surface area (Å²) in [5, 5.41) is 10.9. The number of hydrogen-bond acceptors (Lipinski definition) is 15. The second-order valence-electron chi connectivity index (χ2n) is 15.2. The van der Waals surface area contributed by atoms with E-state index in [1.54, 1.807) is 48.5 Å². The van der Waals surface area contributed by atoms with Gasteiger partial charge in [0.15, 0.2) is 24.2 Å². The Hall–Kier alpha value is -3.17. The lowest BCUT2D eigenvalue weighted by Gasteiger charge is -2.31. The molecule has 0 aromatic carbocycles. The van der Waals surface area contributed by atoms with E-state index in [1.165, 1.54) is 21.3 Å². The molecule has 0 aliphatic carbocycles. The predicted octanol–water partition coefficient (Wildman–Crippen LogP) is 0.113. The maximum atomic E-state index is 13.3. The van der Waals surface area contributed by atoms with E-state index < -0.39 is 108 Å². The van der Waals surface area contributed by atoms with Gasteiger partial charge in [0.25, 0.3) is 0 Å². The van der Waals surface area contributed by atoms with E-state index in [9.17, 15) is 24.0 Å². The standard InChI is InChI=1S/C34H56N4O15/c1-32(2,3)53-31(43)38-18(24-26(46-10)28-30(48-24)52-34(6,7)50-28)16-21(41)35-13-11-19(39)37-17(15-20(40)36-14-12-22(42)44-8)23-25(45-9)27-29(47-23)51-33(4,5)49-27/h17-18,23-30H,11-16H2,1-10H3,(H,35,41)(H,36,40)(H,37,39)(H,38,43)/t17?,18?,23-,24-,25+,26+,27-,28-,29-,30-/m1/s1. The first kappa shape index (κ1) is 42.6. The molecule has 4 N–H and O–H groups in total. The Bertz CT molecular complexity index is 1320. The molecule has 0 bridgehead atoms. The van der Waals surface area contributed by atoms with Crippen molar-refractivity contribution >= 4 is 29.8 Å². The molecule has 4 aliphatic rings. The van der Waals surface area contributed by atoms with Gasteiger partial charge in [0, 0.05) is 46.6 Å². The van der Waals surface area contributed by atoms with Gasteiger partial charge in [-0.2, -0.15) is 0 Å². The number of rotatable bonds is 16. The summed E-state index contributed by atoms with van der Waals surface area (Å²) in [6, 6.07) is -1.82. The minimum absolute atomic E-state index is 0.0310. The zero-order chi connectivity index (χ0) is 39.3. The monoisotopic (exact) mass is 760 g/mol. The van der Waals surface area contributed by atoms with Gasteiger partial charge in [-0.25, -0.2) is 4.79 Å². The average Bonchev–Trinajstić information content (AvgIpc) is 3.72. The number of methoxy groups -OCH3 is 3. The third-order valence-electron chi connectivity index (χ3n) is 8.80. The molecule has 19 nitrogen and oxygen atoms in total. The van der Waals surface area contributed by atoms with Gasteiger partial charge < -0.3 is 68.6 Å². The second kappa shape index (κ2) is 17.5. The lowest BCUT2D eigenvalue weighted by molar-refractivity contribution is -0.220. The topological polar surface area (TPSA) is 226 Å². The molecule has 4 heterocycles. The Labute approximate surface area is 309 Å². The van der Waals surface area contributed by atoms with Crippen LogP contribution < -0.4 is 21.3 Å². The number of carbonyl (C=O) groups is 5. The van der Waals surface area contributed by atoms with Crippen LogP contribution in [0.4, 0.5) is 4.79 Å². The normalized spacial score (nSPS) is 30.8. The zero-order valence-corrected chi connectivity index (χ0v) is 32.1. The van der Waals surface area contributed by atoms with Crippen molar-refractivity contribution in [1.29, 1.82) is 0 Å². The van der Waals surface area contributed by atoms with E-state index in [4.69, 9.17) is 42.6 Å². The minimum Gasteiger partial charge on any atom is -0.469 e. The highest BCUT2D eigenvalue weighted by molar-refractivity contribution is 5.82. The summed E-state index contributed by atoms with van der Waals surface area (Å²) in [6.45, 7) is 12.0. The fourth-order valence-electron chi connectivity index (χ4n) is 6.69. The lowest BCUT2D eigenvalue weighted by atomic mass is 9.99. The van der Waals surface area contributed by atoms with Crippen LogP contribution in [0, 0.1) is 0 Å². The van der Waals surface area contributed by atoms with E-state index in [-0.39, 0.29) is 38.8 Å². The molecular weight excluding hydrogens is 704 g/mol. The molecule has 2 unspecified atom stereocenters. The molecule has 0 aromatic heterocycles. The van der Waals surface area contributed by atoms with Crippen LogP contribution in [0.2, 0.25) is 0 Å². The van der Waals surface area contributed by atoms with E-state index in [1.807, 2.05) is 0 Å². The van der Waals surface area contributed by atoms with Crippen molar-refractivity contribution in [3.8, 4) is 0 Å². The number of ether oxygens (including phenoxy) is 10. The van der Waals surface area contributed by atoms with E-state index >= 15 is 0 Å². The van der Waals surface area contributed by atoms with Crippen LogP contribution >= 0.6 is 0 Å². The molecule has 10 atom stereocenters. The van der Waals surface area contributed by atoms with Crippen molar-refractivity contribution < 1.29 is 71.3 Å². The number of alkyl carbamates (subject to hydrolysis) is 1. The highest BCUT2D eigenvalue weighted by Crippen LogP contribution is 2.41. The van der Waals surface area contributed by atoms with Crippen LogP contribution in [0.15, 0.2) is 0 Å². The number of nitrogens with one attached hydrogen (secondary N) is 4. The molecule has 4 aliphatic heterocycles. The summed E-state index contributed by atoms with van der Waals surface area (Å²) in [6.07, 6.45) is -7.33. The van der Waals surface area contributed by atoms with Gasteiger partial charge in [0.2, 0.25) is 17.7 Å². The van der Waals surface area contributed by atoms with Gasteiger partial charge in [-0.3, -0.25) is 19.2 Å². The van der Waals surface area contributed by atoms with Crippen LogP contribution in [-0.2, 0) is 66.5 Å². The molecule has 0 spiro atoms. The smallest absolute Gasteiger partial charge is 0.407 e. The first-order chi connectivity index (χ1) is 24.7. The quantitative estimate of drug-likeness (QED) is 0.153. The van der Waals surface area contributed by atoms with Gasteiger partial charge in [0.05, 0.1) is 25.6 Å². The minimum atomic E-state index is -0.925. The summed E-state index contributed by atoms with van der Waals surface area (Å²) < 4.78 is 57.3. The van der Waals surface area contributed by atoms with E-state index in [0.29, 0.717) is 0 Å². The number of fused-ring (bicyclic) bond motifs is 2. The molecular formula is C34H56N4O15. The maximum Gasteiger partial charge on any atom is 0.407 e. The Morgan fingerprint density at radius 3 is 1.55 bits per heavy atom. The lowest BCUT2D eigenvalue weighted by Crippen LogP contribution is -2.53. The van der Waals surface area contributed by atoms with Crippen LogP contribution in [-0.4, -0.2) is 143 Å². The Balaban J connectivity index is 1.37.